The average molecular weight is 456 g/mol. The number of rotatable bonds is 7. The average Bonchev–Trinajstić information content (AvgIpc) is 2.81. The van der Waals surface area contributed by atoms with Crippen molar-refractivity contribution in [2.75, 3.05) is 26.3 Å². The fraction of sp³-hybridized carbons (Fsp3) is 0.538. The first-order valence-electron chi connectivity index (χ1n) is 12.1. The molecule has 1 aromatic heterocycles. The number of para-hydroxylation sites is 1. The van der Waals surface area contributed by atoms with Crippen molar-refractivity contribution in [3.8, 4) is 0 Å². The second kappa shape index (κ2) is 11.5. The van der Waals surface area contributed by atoms with Gasteiger partial charge in [-0.25, -0.2) is 0 Å². The Kier molecular flexibility index (Phi) is 8.18. The first-order chi connectivity index (χ1) is 16.2. The van der Waals surface area contributed by atoms with Crippen LogP contribution >= 0.6 is 0 Å². The Bertz CT molecular complexity index is 1020. The topological polar surface area (TPSA) is 89.2 Å². The third-order valence-corrected chi connectivity index (χ3v) is 6.37. The quantitative estimate of drug-likeness (QED) is 0.633. The number of ether oxygens (including phenoxy) is 2. The van der Waals surface area contributed by atoms with Gasteiger partial charge in [-0.05, 0) is 43.9 Å². The van der Waals surface area contributed by atoms with Gasteiger partial charge >= 0.3 is 0 Å². The minimum atomic E-state index is -0.640. The van der Waals surface area contributed by atoms with E-state index in [9.17, 15) is 9.59 Å². The fourth-order valence-corrected chi connectivity index (χ4v) is 4.51. The van der Waals surface area contributed by atoms with E-state index in [0.29, 0.717) is 55.5 Å². The van der Waals surface area contributed by atoms with Crippen molar-refractivity contribution in [3.05, 3.63) is 58.2 Å². The molecule has 2 aromatic rings. The molecule has 0 unspecified atom stereocenters. The largest absolute Gasteiger partial charge is 0.464 e. The van der Waals surface area contributed by atoms with Crippen LogP contribution in [0.2, 0.25) is 0 Å². The number of aliphatic hydroxyl groups is 1. The highest BCUT2D eigenvalue weighted by Crippen LogP contribution is 2.32. The summed E-state index contributed by atoms with van der Waals surface area (Å²) in [6.07, 6.45) is 9.80. The number of amides is 1. The van der Waals surface area contributed by atoms with Gasteiger partial charge in [0.25, 0.3) is 5.91 Å². The van der Waals surface area contributed by atoms with Crippen molar-refractivity contribution in [3.63, 3.8) is 0 Å². The van der Waals surface area contributed by atoms with Gasteiger partial charge in [0.1, 0.15) is 5.58 Å². The highest BCUT2D eigenvalue weighted by atomic mass is 16.7. The van der Waals surface area contributed by atoms with E-state index in [0.717, 1.165) is 25.7 Å². The van der Waals surface area contributed by atoms with Crippen molar-refractivity contribution in [1.82, 2.24) is 4.90 Å². The molecule has 0 saturated carbocycles. The van der Waals surface area contributed by atoms with Crippen LogP contribution in [-0.4, -0.2) is 48.5 Å². The lowest BCUT2D eigenvalue weighted by Gasteiger charge is -2.32. The van der Waals surface area contributed by atoms with Gasteiger partial charge in [-0.3, -0.25) is 9.59 Å². The van der Waals surface area contributed by atoms with Crippen LogP contribution in [-0.2, 0) is 14.3 Å². The molecule has 1 saturated heterocycles. The Morgan fingerprint density at radius 2 is 1.85 bits per heavy atom. The summed E-state index contributed by atoms with van der Waals surface area (Å²) in [6, 6.07) is 7.16. The lowest BCUT2D eigenvalue weighted by Crippen LogP contribution is -2.38. The van der Waals surface area contributed by atoms with E-state index in [4.69, 9.17) is 19.0 Å². The molecule has 7 heteroatoms. The van der Waals surface area contributed by atoms with Crippen molar-refractivity contribution >= 4 is 16.9 Å². The standard InChI is InChI=1S/C26H33NO6/c28-14-8-9-15-31-24-17-19(21-18-32-22-11-5-4-10-20(22)25(21)29)16-23(33-24)26(30)27-12-6-2-1-3-7-13-27/h4-5,10-11,16,18-19,24,28H,1-3,6-9,12-15,17H2/t19-,24+/m1/s1. The maximum absolute atomic E-state index is 13.4. The molecule has 0 aliphatic carbocycles. The molecule has 4 rings (SSSR count). The third kappa shape index (κ3) is 5.84. The number of hydrogen-bond donors (Lipinski definition) is 1. The molecule has 0 bridgehead atoms. The smallest absolute Gasteiger partial charge is 0.288 e. The van der Waals surface area contributed by atoms with E-state index in [2.05, 4.69) is 0 Å². The molecule has 1 N–H and O–H groups in total. The van der Waals surface area contributed by atoms with Crippen LogP contribution in [0.15, 0.2) is 51.6 Å². The number of benzene rings is 1. The number of nitrogens with zero attached hydrogens (tertiary/aromatic N) is 1. The molecule has 33 heavy (non-hydrogen) atoms. The SMILES string of the molecule is O=C(C1=C[C@@H](c2coc3ccccc3c2=O)C[C@@H](OCCCCO)O1)N1CCCCCCC1. The molecule has 2 aliphatic rings. The second-order valence-electron chi connectivity index (χ2n) is 8.80. The summed E-state index contributed by atoms with van der Waals surface area (Å²) in [5.41, 5.74) is 0.937. The van der Waals surface area contributed by atoms with Crippen LogP contribution in [0.25, 0.3) is 11.0 Å². The molecule has 1 amide bonds. The van der Waals surface area contributed by atoms with Crippen LogP contribution in [0.3, 0.4) is 0 Å². The first-order valence-corrected chi connectivity index (χ1v) is 12.1. The molecule has 1 aromatic carbocycles. The Morgan fingerprint density at radius 3 is 2.64 bits per heavy atom. The number of hydrogen-bond acceptors (Lipinski definition) is 6. The highest BCUT2D eigenvalue weighted by Gasteiger charge is 2.32. The van der Waals surface area contributed by atoms with Crippen LogP contribution < -0.4 is 5.43 Å². The molecule has 2 aliphatic heterocycles. The number of unbranched alkanes of at least 4 members (excludes halogenated alkanes) is 1. The van der Waals surface area contributed by atoms with Gasteiger partial charge in [0.15, 0.2) is 11.2 Å². The minimum absolute atomic E-state index is 0.0999. The minimum Gasteiger partial charge on any atom is -0.464 e. The maximum atomic E-state index is 13.4. The van der Waals surface area contributed by atoms with Gasteiger partial charge in [-0.1, -0.05) is 31.4 Å². The summed E-state index contributed by atoms with van der Waals surface area (Å²) in [5.74, 6) is -0.251. The van der Waals surface area contributed by atoms with Gasteiger partial charge < -0.3 is 23.9 Å². The fourth-order valence-electron chi connectivity index (χ4n) is 4.51. The monoisotopic (exact) mass is 455 g/mol. The predicted octanol–water partition coefficient (Wildman–Crippen LogP) is 4.09. The van der Waals surface area contributed by atoms with Gasteiger partial charge in [-0.15, -0.1) is 0 Å². The Morgan fingerprint density at radius 1 is 1.09 bits per heavy atom. The number of fused-ring (bicyclic) bond motifs is 1. The Balaban J connectivity index is 1.60. The normalized spacial score (nSPS) is 21.7. The molecule has 3 heterocycles. The third-order valence-electron chi connectivity index (χ3n) is 6.37. The van der Waals surface area contributed by atoms with Crippen molar-refractivity contribution in [2.24, 2.45) is 0 Å². The molecule has 178 valence electrons. The van der Waals surface area contributed by atoms with Gasteiger partial charge in [0, 0.05) is 37.6 Å². The number of likely N-dealkylation sites (tertiary alicyclic amines) is 1. The Hall–Kier alpha value is -2.64. The van der Waals surface area contributed by atoms with E-state index < -0.39 is 6.29 Å². The van der Waals surface area contributed by atoms with Crippen molar-refractivity contribution in [1.29, 1.82) is 0 Å². The van der Waals surface area contributed by atoms with Gasteiger partial charge in [0.2, 0.25) is 6.29 Å². The van der Waals surface area contributed by atoms with Crippen LogP contribution in [0.4, 0.5) is 0 Å². The molecular formula is C26H33NO6. The predicted molar refractivity (Wildman–Crippen MR) is 125 cm³/mol. The first kappa shape index (κ1) is 23.5. The molecule has 1 fully saturated rings. The molecule has 0 spiro atoms. The number of allylic oxidation sites excluding steroid dienone is 1. The van der Waals surface area contributed by atoms with E-state index >= 15 is 0 Å². The van der Waals surface area contributed by atoms with Gasteiger partial charge in [-0.2, -0.15) is 0 Å². The Labute approximate surface area is 194 Å². The molecule has 7 nitrogen and oxygen atoms in total. The van der Waals surface area contributed by atoms with E-state index in [1.54, 1.807) is 18.2 Å². The van der Waals surface area contributed by atoms with Crippen LogP contribution in [0, 0.1) is 0 Å². The lowest BCUT2D eigenvalue weighted by atomic mass is 9.93. The van der Waals surface area contributed by atoms with Crippen LogP contribution in [0.5, 0.6) is 0 Å². The summed E-state index contributed by atoms with van der Waals surface area (Å²) in [4.78, 5) is 28.4. The molecule has 2 atom stereocenters. The zero-order valence-corrected chi connectivity index (χ0v) is 19.0. The zero-order valence-electron chi connectivity index (χ0n) is 19.0. The van der Waals surface area contributed by atoms with Crippen molar-refractivity contribution < 1.29 is 23.8 Å². The zero-order chi connectivity index (χ0) is 23.0. The summed E-state index contributed by atoms with van der Waals surface area (Å²) in [6.45, 7) is 1.94. The highest BCUT2D eigenvalue weighted by molar-refractivity contribution is 5.91. The molecular weight excluding hydrogens is 422 g/mol. The molecule has 0 radical (unpaired) electrons. The summed E-state index contributed by atoms with van der Waals surface area (Å²) in [5, 5.41) is 9.54. The lowest BCUT2D eigenvalue weighted by molar-refractivity contribution is -0.153. The number of carbonyl (C=O) groups is 1. The summed E-state index contributed by atoms with van der Waals surface area (Å²) >= 11 is 0. The van der Waals surface area contributed by atoms with E-state index in [1.165, 1.54) is 12.7 Å². The van der Waals surface area contributed by atoms with Gasteiger partial charge in [0.05, 0.1) is 18.3 Å². The second-order valence-corrected chi connectivity index (χ2v) is 8.80. The van der Waals surface area contributed by atoms with Crippen molar-refractivity contribution in [2.45, 2.75) is 63.6 Å². The van der Waals surface area contributed by atoms with Crippen LogP contribution in [0.1, 0.15) is 62.8 Å². The summed E-state index contributed by atoms with van der Waals surface area (Å²) < 4.78 is 17.6. The van der Waals surface area contributed by atoms with E-state index in [-0.39, 0.29) is 29.6 Å². The number of carbonyl (C=O) groups excluding carboxylic acids is 1. The summed E-state index contributed by atoms with van der Waals surface area (Å²) in [7, 11) is 0. The van der Waals surface area contributed by atoms with E-state index in [1.807, 2.05) is 17.0 Å². The number of aliphatic hydroxyl groups excluding tert-OH is 1. The maximum Gasteiger partial charge on any atom is 0.288 e.